The number of para-hydroxylation sites is 1. The van der Waals surface area contributed by atoms with Gasteiger partial charge in [0, 0.05) is 27.0 Å². The summed E-state index contributed by atoms with van der Waals surface area (Å²) in [6, 6.07) is 16.4. The summed E-state index contributed by atoms with van der Waals surface area (Å²) in [5, 5.41) is 4.15. The van der Waals surface area contributed by atoms with E-state index < -0.39 is 12.0 Å². The number of benzene rings is 3. The van der Waals surface area contributed by atoms with E-state index >= 15 is 0 Å². The Hall–Kier alpha value is -2.27. The molecule has 27 heavy (non-hydrogen) atoms. The van der Waals surface area contributed by atoms with Crippen LogP contribution in [0.5, 0.6) is 0 Å². The van der Waals surface area contributed by atoms with Crippen LogP contribution in [-0.4, -0.2) is 5.91 Å². The van der Waals surface area contributed by atoms with E-state index in [4.69, 9.17) is 34.8 Å². The highest BCUT2D eigenvalue weighted by Crippen LogP contribution is 2.40. The Balaban J connectivity index is 1.90. The Morgan fingerprint density at radius 1 is 0.926 bits per heavy atom. The minimum atomic E-state index is -0.612. The van der Waals surface area contributed by atoms with Crippen molar-refractivity contribution in [1.29, 1.82) is 0 Å². The van der Waals surface area contributed by atoms with E-state index in [9.17, 15) is 9.18 Å². The summed E-state index contributed by atoms with van der Waals surface area (Å²) in [5.41, 5.74) is 2.29. The van der Waals surface area contributed by atoms with Gasteiger partial charge in [-0.15, -0.1) is 0 Å². The van der Waals surface area contributed by atoms with Crippen LogP contribution in [0.15, 0.2) is 60.7 Å². The van der Waals surface area contributed by atoms with Gasteiger partial charge in [0.15, 0.2) is 0 Å². The number of halogens is 4. The predicted molar refractivity (Wildman–Crippen MR) is 107 cm³/mol. The van der Waals surface area contributed by atoms with Crippen molar-refractivity contribution in [3.05, 3.63) is 92.7 Å². The van der Waals surface area contributed by atoms with Gasteiger partial charge < -0.3 is 5.32 Å². The third-order valence-electron chi connectivity index (χ3n) is 4.37. The van der Waals surface area contributed by atoms with Crippen LogP contribution >= 0.6 is 34.8 Å². The number of rotatable bonds is 2. The SMILES string of the molecule is O=C1c2ccccc2NC(c2ccc(Cl)cc2Cl)N1c1ccc(F)c(Cl)c1. The molecule has 3 aromatic carbocycles. The Morgan fingerprint density at radius 2 is 1.70 bits per heavy atom. The molecule has 1 N–H and O–H groups in total. The second-order valence-electron chi connectivity index (χ2n) is 6.03. The van der Waals surface area contributed by atoms with E-state index in [0.29, 0.717) is 32.5 Å². The number of hydrogen-bond acceptors (Lipinski definition) is 2. The molecule has 7 heteroatoms. The van der Waals surface area contributed by atoms with Gasteiger partial charge >= 0.3 is 0 Å². The molecule has 3 aromatic rings. The summed E-state index contributed by atoms with van der Waals surface area (Å²) >= 11 is 18.4. The van der Waals surface area contributed by atoms with Crippen LogP contribution in [0.3, 0.4) is 0 Å². The summed E-state index contributed by atoms with van der Waals surface area (Å²) in [6.45, 7) is 0. The third kappa shape index (κ3) is 3.25. The second-order valence-corrected chi connectivity index (χ2v) is 7.28. The van der Waals surface area contributed by atoms with E-state index in [-0.39, 0.29) is 10.9 Å². The van der Waals surface area contributed by atoms with Crippen LogP contribution in [-0.2, 0) is 0 Å². The molecule has 0 saturated heterocycles. The summed E-state index contributed by atoms with van der Waals surface area (Å²) in [7, 11) is 0. The van der Waals surface area contributed by atoms with Gasteiger partial charge in [-0.05, 0) is 42.5 Å². The topological polar surface area (TPSA) is 32.3 Å². The Morgan fingerprint density at radius 3 is 2.44 bits per heavy atom. The highest BCUT2D eigenvalue weighted by Gasteiger charge is 2.35. The molecule has 136 valence electrons. The molecule has 0 aromatic heterocycles. The lowest BCUT2D eigenvalue weighted by atomic mass is 10.0. The summed E-state index contributed by atoms with van der Waals surface area (Å²) < 4.78 is 13.6. The molecule has 0 saturated carbocycles. The van der Waals surface area contributed by atoms with Crippen LogP contribution in [0.4, 0.5) is 15.8 Å². The molecule has 1 heterocycles. The molecule has 1 unspecified atom stereocenters. The second kappa shape index (κ2) is 7.04. The maximum atomic E-state index is 13.6. The molecule has 3 nitrogen and oxygen atoms in total. The maximum absolute atomic E-state index is 13.6. The first-order valence-electron chi connectivity index (χ1n) is 8.05. The van der Waals surface area contributed by atoms with E-state index in [1.54, 1.807) is 30.3 Å². The predicted octanol–water partition coefficient (Wildman–Crippen LogP) is 6.56. The normalized spacial score (nSPS) is 16.1. The molecular formula is C20H12Cl3FN2O. The molecule has 0 spiro atoms. The zero-order chi connectivity index (χ0) is 19.1. The molecule has 0 fully saturated rings. The van der Waals surface area contributed by atoms with Crippen LogP contribution in [0.2, 0.25) is 15.1 Å². The van der Waals surface area contributed by atoms with Crippen LogP contribution in [0.25, 0.3) is 0 Å². The number of carbonyl (C=O) groups excluding carboxylic acids is 1. The van der Waals surface area contributed by atoms with Crippen LogP contribution < -0.4 is 10.2 Å². The average molecular weight is 422 g/mol. The summed E-state index contributed by atoms with van der Waals surface area (Å²) in [5.74, 6) is -0.803. The van der Waals surface area contributed by atoms with Gasteiger partial charge in [-0.1, -0.05) is 53.0 Å². The molecule has 0 aliphatic carbocycles. The molecule has 0 radical (unpaired) electrons. The molecular weight excluding hydrogens is 410 g/mol. The fourth-order valence-electron chi connectivity index (χ4n) is 3.10. The molecule has 1 amide bonds. The van der Waals surface area contributed by atoms with Crippen molar-refractivity contribution in [2.75, 3.05) is 10.2 Å². The molecule has 1 aliphatic rings. The van der Waals surface area contributed by atoms with Crippen LogP contribution in [0.1, 0.15) is 22.1 Å². The van der Waals surface area contributed by atoms with Gasteiger partial charge in [-0.3, -0.25) is 9.69 Å². The quantitative estimate of drug-likeness (QED) is 0.508. The number of anilines is 2. The van der Waals surface area contributed by atoms with Gasteiger partial charge in [-0.25, -0.2) is 4.39 Å². The zero-order valence-corrected chi connectivity index (χ0v) is 16.0. The minimum absolute atomic E-state index is 0.0693. The van der Waals surface area contributed by atoms with Crippen molar-refractivity contribution >= 4 is 52.1 Å². The van der Waals surface area contributed by atoms with E-state index in [0.717, 1.165) is 0 Å². The molecule has 1 aliphatic heterocycles. The highest BCUT2D eigenvalue weighted by molar-refractivity contribution is 6.35. The van der Waals surface area contributed by atoms with Crippen molar-refractivity contribution in [2.45, 2.75) is 6.17 Å². The van der Waals surface area contributed by atoms with Crippen molar-refractivity contribution in [2.24, 2.45) is 0 Å². The van der Waals surface area contributed by atoms with Crippen LogP contribution in [0, 0.1) is 5.82 Å². The number of hydrogen-bond donors (Lipinski definition) is 1. The third-order valence-corrected chi connectivity index (χ3v) is 5.22. The standard InChI is InChI=1S/C20H12Cl3FN2O/c21-11-5-7-13(15(22)9-11)19-25-18-4-2-1-3-14(18)20(27)26(19)12-6-8-17(24)16(23)10-12/h1-10,19,25H. The Bertz CT molecular complexity index is 1060. The molecule has 1 atom stereocenters. The first-order chi connectivity index (χ1) is 13.0. The molecule has 0 bridgehead atoms. The van der Waals surface area contributed by atoms with E-state index in [1.165, 1.54) is 23.1 Å². The van der Waals surface area contributed by atoms with Gasteiger partial charge in [0.05, 0.1) is 10.6 Å². The van der Waals surface area contributed by atoms with Gasteiger partial charge in [0.25, 0.3) is 5.91 Å². The van der Waals surface area contributed by atoms with Gasteiger partial charge in [0.2, 0.25) is 0 Å². The number of nitrogens with zero attached hydrogens (tertiary/aromatic N) is 1. The fraction of sp³-hybridized carbons (Fsp3) is 0.0500. The Labute approximate surface area is 170 Å². The lowest BCUT2D eigenvalue weighted by Crippen LogP contribution is -2.43. The van der Waals surface area contributed by atoms with Gasteiger partial charge in [-0.2, -0.15) is 0 Å². The minimum Gasteiger partial charge on any atom is -0.360 e. The average Bonchev–Trinajstić information content (AvgIpc) is 2.64. The van der Waals surface area contributed by atoms with Crippen molar-refractivity contribution in [1.82, 2.24) is 0 Å². The number of amides is 1. The Kier molecular flexibility index (Phi) is 4.72. The lowest BCUT2D eigenvalue weighted by molar-refractivity contribution is 0.0975. The smallest absolute Gasteiger partial charge is 0.262 e. The number of nitrogens with one attached hydrogen (secondary N) is 1. The van der Waals surface area contributed by atoms with E-state index in [1.807, 2.05) is 12.1 Å². The van der Waals surface area contributed by atoms with Crippen molar-refractivity contribution in [3.63, 3.8) is 0 Å². The number of fused-ring (bicyclic) bond motifs is 1. The first-order valence-corrected chi connectivity index (χ1v) is 9.18. The van der Waals surface area contributed by atoms with Crippen molar-refractivity contribution in [3.8, 4) is 0 Å². The largest absolute Gasteiger partial charge is 0.360 e. The fourth-order valence-corrected chi connectivity index (χ4v) is 3.78. The van der Waals surface area contributed by atoms with E-state index in [2.05, 4.69) is 5.32 Å². The van der Waals surface area contributed by atoms with Gasteiger partial charge in [0.1, 0.15) is 12.0 Å². The lowest BCUT2D eigenvalue weighted by Gasteiger charge is -2.38. The monoisotopic (exact) mass is 420 g/mol. The molecule has 4 rings (SSSR count). The summed E-state index contributed by atoms with van der Waals surface area (Å²) in [4.78, 5) is 14.8. The maximum Gasteiger partial charge on any atom is 0.262 e. The summed E-state index contributed by atoms with van der Waals surface area (Å²) in [6.07, 6.45) is -0.612. The highest BCUT2D eigenvalue weighted by atomic mass is 35.5. The first kappa shape index (κ1) is 18.1. The zero-order valence-electron chi connectivity index (χ0n) is 13.7. The van der Waals surface area contributed by atoms with Crippen molar-refractivity contribution < 1.29 is 9.18 Å². The number of carbonyl (C=O) groups is 1.